The molecule has 2 saturated carbocycles. The van der Waals surface area contributed by atoms with E-state index < -0.39 is 13.7 Å². The van der Waals surface area contributed by atoms with Crippen molar-refractivity contribution in [3.63, 3.8) is 0 Å². The van der Waals surface area contributed by atoms with Crippen LogP contribution in [0.4, 0.5) is 0 Å². The van der Waals surface area contributed by atoms with Crippen molar-refractivity contribution >= 4 is 13.3 Å². The number of aliphatic hydroxyl groups is 1. The highest BCUT2D eigenvalue weighted by molar-refractivity contribution is 6.96. The first-order valence-corrected chi connectivity index (χ1v) is 15.6. The lowest BCUT2D eigenvalue weighted by molar-refractivity contribution is -0.0717. The van der Waals surface area contributed by atoms with Crippen molar-refractivity contribution in [2.45, 2.75) is 64.1 Å². The first-order valence-electron chi connectivity index (χ1n) is 12.6. The van der Waals surface area contributed by atoms with Gasteiger partial charge in [-0.25, -0.2) is 0 Å². The summed E-state index contributed by atoms with van der Waals surface area (Å²) in [4.78, 5) is 0. The van der Waals surface area contributed by atoms with Crippen LogP contribution in [0.1, 0.15) is 45.4 Å². The summed E-state index contributed by atoms with van der Waals surface area (Å²) in [6.07, 6.45) is 11.2. The zero-order valence-corrected chi connectivity index (χ0v) is 21.7. The number of benzene rings is 1. The number of hydrogen-bond acceptors (Lipinski definition) is 2. The monoisotopic (exact) mass is 458 g/mol. The zero-order valence-electron chi connectivity index (χ0n) is 20.7. The minimum Gasteiger partial charge on any atom is -0.501 e. The fourth-order valence-electron chi connectivity index (χ4n) is 7.46. The van der Waals surface area contributed by atoms with Crippen LogP contribution in [0.15, 0.2) is 66.0 Å². The van der Waals surface area contributed by atoms with Crippen molar-refractivity contribution in [2.24, 2.45) is 29.1 Å². The molecule has 174 valence electrons. The maximum absolute atomic E-state index is 12.1. The third kappa shape index (κ3) is 3.49. The van der Waals surface area contributed by atoms with Crippen LogP contribution in [0.2, 0.25) is 13.1 Å². The first kappa shape index (κ1) is 22.8. The second kappa shape index (κ2) is 8.03. The number of fused-ring (bicyclic) bond motifs is 5. The fourth-order valence-corrected chi connectivity index (χ4v) is 9.12. The van der Waals surface area contributed by atoms with Crippen molar-refractivity contribution in [1.29, 1.82) is 0 Å². The molecule has 0 aliphatic heterocycles. The minimum absolute atomic E-state index is 0.215. The summed E-state index contributed by atoms with van der Waals surface area (Å²) in [5, 5.41) is 13.4. The topological polar surface area (TPSA) is 29.5 Å². The van der Waals surface area contributed by atoms with Crippen molar-refractivity contribution < 1.29 is 9.84 Å². The van der Waals surface area contributed by atoms with Gasteiger partial charge in [0, 0.05) is 11.8 Å². The smallest absolute Gasteiger partial charge is 0.162 e. The Hall–Kier alpha value is -2.02. The van der Waals surface area contributed by atoms with E-state index in [9.17, 15) is 5.11 Å². The largest absolute Gasteiger partial charge is 0.501 e. The highest BCUT2D eigenvalue weighted by Crippen LogP contribution is 2.65. The summed E-state index contributed by atoms with van der Waals surface area (Å²) in [6, 6.07) is 10.6. The fraction of sp³-hybridized carbons (Fsp3) is 0.533. The average Bonchev–Trinajstić information content (AvgIpc) is 3.03. The SMILES string of the molecule is C=C1C[C@H]2[C@@H]3CC=C4C=C(OC)CC[C@@H]4[C@H]3CC[C@]2(C)[C@]1(O)C#C[Si](C)(C)c1ccccc1. The number of hydrogen-bond donors (Lipinski definition) is 1. The van der Waals surface area contributed by atoms with E-state index in [0.717, 1.165) is 37.0 Å². The molecule has 3 heteroatoms. The van der Waals surface area contributed by atoms with Gasteiger partial charge in [0.25, 0.3) is 0 Å². The van der Waals surface area contributed by atoms with Crippen LogP contribution in [0.25, 0.3) is 0 Å². The number of ether oxygens (including phenoxy) is 1. The van der Waals surface area contributed by atoms with Gasteiger partial charge < -0.3 is 9.84 Å². The van der Waals surface area contributed by atoms with Gasteiger partial charge in [-0.3, -0.25) is 0 Å². The molecule has 2 fully saturated rings. The van der Waals surface area contributed by atoms with Crippen molar-refractivity contribution in [1.82, 2.24) is 0 Å². The second-order valence-electron chi connectivity index (χ2n) is 11.5. The molecule has 2 nitrogen and oxygen atoms in total. The molecular formula is C30H38O2Si. The van der Waals surface area contributed by atoms with Crippen LogP contribution >= 0.6 is 0 Å². The van der Waals surface area contributed by atoms with Crippen LogP contribution in [0.3, 0.4) is 0 Å². The standard InChI is InChI=1S/C30H38O2Si/c1-21-19-28-27-13-11-22-20-23(32-3)12-14-25(22)26(27)15-16-29(28,2)30(21,31)17-18-33(4,5)24-9-7-6-8-10-24/h6-11,20,25-28,31H,1,12-16,19H2,2-5H3/t25-,26+,27+,28-,29-,30-/m0/s1. The lowest BCUT2D eigenvalue weighted by Gasteiger charge is -2.53. The molecule has 1 aromatic carbocycles. The molecule has 0 saturated heterocycles. The van der Waals surface area contributed by atoms with Gasteiger partial charge in [-0.15, -0.1) is 5.54 Å². The summed E-state index contributed by atoms with van der Waals surface area (Å²) in [5.41, 5.74) is 4.76. The van der Waals surface area contributed by atoms with E-state index in [0.29, 0.717) is 23.7 Å². The predicted molar refractivity (Wildman–Crippen MR) is 138 cm³/mol. The molecule has 0 spiro atoms. The molecule has 5 rings (SSSR count). The van der Waals surface area contributed by atoms with Gasteiger partial charge in [0.15, 0.2) is 13.7 Å². The Morgan fingerprint density at radius 3 is 2.64 bits per heavy atom. The molecule has 4 aliphatic carbocycles. The molecule has 33 heavy (non-hydrogen) atoms. The predicted octanol–water partition coefficient (Wildman–Crippen LogP) is 5.75. The summed E-state index contributed by atoms with van der Waals surface area (Å²) < 4.78 is 5.55. The number of allylic oxidation sites excluding steroid dienone is 4. The highest BCUT2D eigenvalue weighted by atomic mass is 28.3. The average molecular weight is 459 g/mol. The van der Waals surface area contributed by atoms with Gasteiger partial charge in [0.2, 0.25) is 0 Å². The first-order chi connectivity index (χ1) is 15.7. The Labute approximate surface area is 200 Å². The maximum atomic E-state index is 12.1. The van der Waals surface area contributed by atoms with E-state index >= 15 is 0 Å². The molecule has 1 N–H and O–H groups in total. The quantitative estimate of drug-likeness (QED) is 0.347. The van der Waals surface area contributed by atoms with E-state index in [1.54, 1.807) is 7.11 Å². The second-order valence-corrected chi connectivity index (χ2v) is 15.6. The molecule has 0 bridgehead atoms. The summed E-state index contributed by atoms with van der Waals surface area (Å²) in [6.45, 7) is 11.3. The Kier molecular flexibility index (Phi) is 5.54. The van der Waals surface area contributed by atoms with Crippen LogP contribution in [-0.4, -0.2) is 25.9 Å². The molecule has 0 aromatic heterocycles. The summed E-state index contributed by atoms with van der Waals surface area (Å²) in [7, 11) is -0.181. The summed E-state index contributed by atoms with van der Waals surface area (Å²) >= 11 is 0. The van der Waals surface area contributed by atoms with Crippen LogP contribution in [0, 0.1) is 40.6 Å². The van der Waals surface area contributed by atoms with Crippen molar-refractivity contribution in [3.05, 3.63) is 66.0 Å². The Balaban J connectivity index is 1.46. The van der Waals surface area contributed by atoms with Crippen LogP contribution in [-0.2, 0) is 4.74 Å². The number of rotatable bonds is 2. The molecule has 0 amide bonds. The van der Waals surface area contributed by atoms with Crippen molar-refractivity contribution in [2.75, 3.05) is 7.11 Å². The Morgan fingerprint density at radius 1 is 1.15 bits per heavy atom. The maximum Gasteiger partial charge on any atom is 0.162 e. The lowest BCUT2D eigenvalue weighted by atomic mass is 9.51. The molecular weight excluding hydrogens is 420 g/mol. The molecule has 1 aromatic rings. The van der Waals surface area contributed by atoms with Gasteiger partial charge >= 0.3 is 0 Å². The van der Waals surface area contributed by atoms with Crippen molar-refractivity contribution in [3.8, 4) is 11.5 Å². The van der Waals surface area contributed by atoms with Gasteiger partial charge in [-0.2, -0.15) is 0 Å². The van der Waals surface area contributed by atoms with E-state index in [-0.39, 0.29) is 5.41 Å². The molecule has 4 aliphatic rings. The van der Waals surface area contributed by atoms with E-state index in [2.05, 4.69) is 80.5 Å². The Morgan fingerprint density at radius 2 is 1.91 bits per heavy atom. The third-order valence-electron chi connectivity index (χ3n) is 9.60. The summed E-state index contributed by atoms with van der Waals surface area (Å²) in [5.74, 6) is 7.02. The minimum atomic E-state index is -1.97. The molecule has 0 unspecified atom stereocenters. The molecule has 6 atom stereocenters. The van der Waals surface area contributed by atoms with Gasteiger partial charge in [-0.05, 0) is 78.2 Å². The highest BCUT2D eigenvalue weighted by Gasteiger charge is 2.63. The van der Waals surface area contributed by atoms with E-state index in [1.165, 1.54) is 23.6 Å². The normalized spacial score (nSPS) is 37.5. The third-order valence-corrected chi connectivity index (χ3v) is 12.1. The van der Waals surface area contributed by atoms with Crippen LogP contribution < -0.4 is 5.19 Å². The molecule has 0 heterocycles. The zero-order chi connectivity index (χ0) is 23.4. The Bertz CT molecular complexity index is 1070. The van der Waals surface area contributed by atoms with E-state index in [1.807, 2.05) is 0 Å². The van der Waals surface area contributed by atoms with Crippen LogP contribution in [0.5, 0.6) is 0 Å². The molecule has 0 radical (unpaired) electrons. The lowest BCUT2D eigenvalue weighted by Crippen LogP contribution is -2.52. The van der Waals surface area contributed by atoms with E-state index in [4.69, 9.17) is 4.74 Å². The van der Waals surface area contributed by atoms with Gasteiger partial charge in [0.1, 0.15) is 0 Å². The van der Waals surface area contributed by atoms with Gasteiger partial charge in [-0.1, -0.05) is 68.9 Å². The number of methoxy groups -OCH3 is 1. The van der Waals surface area contributed by atoms with Gasteiger partial charge in [0.05, 0.1) is 12.9 Å².